The molecule has 3 heteroatoms. The standard InChI is InChI=1S/C9H17NO2/c1-7(2)6-9(11)10-4-5-12-8(10)3/h7-8H,4-6H2,1-3H3. The summed E-state index contributed by atoms with van der Waals surface area (Å²) in [6.45, 7) is 7.47. The summed E-state index contributed by atoms with van der Waals surface area (Å²) in [7, 11) is 0. The number of nitrogens with zero attached hydrogens (tertiary/aromatic N) is 1. The molecule has 0 N–H and O–H groups in total. The van der Waals surface area contributed by atoms with Crippen molar-refractivity contribution in [3.8, 4) is 0 Å². The van der Waals surface area contributed by atoms with Gasteiger partial charge >= 0.3 is 0 Å². The zero-order valence-corrected chi connectivity index (χ0v) is 8.04. The first-order chi connectivity index (χ1) is 5.61. The Hall–Kier alpha value is -0.570. The van der Waals surface area contributed by atoms with Gasteiger partial charge in [0.25, 0.3) is 0 Å². The molecule has 0 aliphatic carbocycles. The van der Waals surface area contributed by atoms with Gasteiger partial charge in [-0.2, -0.15) is 0 Å². The molecule has 1 aliphatic rings. The van der Waals surface area contributed by atoms with E-state index in [2.05, 4.69) is 13.8 Å². The first kappa shape index (κ1) is 9.52. The van der Waals surface area contributed by atoms with E-state index in [0.29, 0.717) is 18.9 Å². The molecular weight excluding hydrogens is 154 g/mol. The van der Waals surface area contributed by atoms with Crippen molar-refractivity contribution in [2.75, 3.05) is 13.2 Å². The minimum atomic E-state index is -0.0174. The highest BCUT2D eigenvalue weighted by molar-refractivity contribution is 5.76. The van der Waals surface area contributed by atoms with Crippen LogP contribution >= 0.6 is 0 Å². The van der Waals surface area contributed by atoms with Crippen LogP contribution in [0.25, 0.3) is 0 Å². The summed E-state index contributed by atoms with van der Waals surface area (Å²) in [6, 6.07) is 0. The average Bonchev–Trinajstić information content (AvgIpc) is 2.33. The summed E-state index contributed by atoms with van der Waals surface area (Å²) in [6.07, 6.45) is 0.615. The minimum absolute atomic E-state index is 0.0174. The van der Waals surface area contributed by atoms with Crippen LogP contribution < -0.4 is 0 Å². The second-order valence-electron chi connectivity index (χ2n) is 3.66. The monoisotopic (exact) mass is 171 g/mol. The van der Waals surface area contributed by atoms with E-state index in [1.807, 2.05) is 6.92 Å². The Balaban J connectivity index is 2.41. The van der Waals surface area contributed by atoms with Crippen molar-refractivity contribution in [2.24, 2.45) is 5.92 Å². The molecule has 0 bridgehead atoms. The van der Waals surface area contributed by atoms with Gasteiger partial charge in [-0.1, -0.05) is 13.8 Å². The number of rotatable bonds is 2. The molecule has 0 aromatic rings. The maximum atomic E-state index is 11.5. The molecule has 1 unspecified atom stereocenters. The first-order valence-electron chi connectivity index (χ1n) is 4.52. The summed E-state index contributed by atoms with van der Waals surface area (Å²) in [5.74, 6) is 0.653. The van der Waals surface area contributed by atoms with Crippen LogP contribution in [-0.4, -0.2) is 30.2 Å². The summed E-state index contributed by atoms with van der Waals surface area (Å²) < 4.78 is 5.27. The molecule has 12 heavy (non-hydrogen) atoms. The van der Waals surface area contributed by atoms with E-state index in [9.17, 15) is 4.79 Å². The van der Waals surface area contributed by atoms with E-state index >= 15 is 0 Å². The van der Waals surface area contributed by atoms with Crippen LogP contribution in [0.5, 0.6) is 0 Å². The third kappa shape index (κ3) is 2.21. The fourth-order valence-corrected chi connectivity index (χ4v) is 1.39. The highest BCUT2D eigenvalue weighted by Gasteiger charge is 2.25. The number of carbonyl (C=O) groups is 1. The van der Waals surface area contributed by atoms with Crippen molar-refractivity contribution in [1.29, 1.82) is 0 Å². The van der Waals surface area contributed by atoms with Crippen LogP contribution in [0.1, 0.15) is 27.2 Å². The quantitative estimate of drug-likeness (QED) is 0.625. The van der Waals surface area contributed by atoms with E-state index in [1.165, 1.54) is 0 Å². The smallest absolute Gasteiger partial charge is 0.224 e. The highest BCUT2D eigenvalue weighted by atomic mass is 16.5. The molecule has 0 radical (unpaired) electrons. The van der Waals surface area contributed by atoms with E-state index in [0.717, 1.165) is 6.54 Å². The number of ether oxygens (including phenoxy) is 1. The van der Waals surface area contributed by atoms with Crippen molar-refractivity contribution < 1.29 is 9.53 Å². The zero-order chi connectivity index (χ0) is 9.14. The van der Waals surface area contributed by atoms with Crippen molar-refractivity contribution in [3.63, 3.8) is 0 Å². The maximum Gasteiger partial charge on any atom is 0.224 e. The molecule has 0 saturated carbocycles. The molecule has 3 nitrogen and oxygen atoms in total. The summed E-state index contributed by atoms with van der Waals surface area (Å²) in [5.41, 5.74) is 0. The van der Waals surface area contributed by atoms with Gasteiger partial charge in [0.1, 0.15) is 6.23 Å². The topological polar surface area (TPSA) is 29.5 Å². The van der Waals surface area contributed by atoms with Gasteiger partial charge in [0.05, 0.1) is 6.61 Å². The Kier molecular flexibility index (Phi) is 3.09. The molecule has 1 rings (SSSR count). The summed E-state index contributed by atoms with van der Waals surface area (Å²) in [4.78, 5) is 13.3. The Labute approximate surface area is 73.7 Å². The van der Waals surface area contributed by atoms with Gasteiger partial charge < -0.3 is 9.64 Å². The van der Waals surface area contributed by atoms with Crippen LogP contribution in [0.15, 0.2) is 0 Å². The van der Waals surface area contributed by atoms with E-state index in [4.69, 9.17) is 4.74 Å². The van der Waals surface area contributed by atoms with Gasteiger partial charge in [0.15, 0.2) is 0 Å². The van der Waals surface area contributed by atoms with Gasteiger partial charge in [-0.05, 0) is 12.8 Å². The molecule has 0 aromatic heterocycles. The molecule has 1 saturated heterocycles. The van der Waals surface area contributed by atoms with Crippen molar-refractivity contribution in [1.82, 2.24) is 4.90 Å². The van der Waals surface area contributed by atoms with Crippen molar-refractivity contribution in [2.45, 2.75) is 33.4 Å². The van der Waals surface area contributed by atoms with Crippen LogP contribution in [-0.2, 0) is 9.53 Å². The lowest BCUT2D eigenvalue weighted by Gasteiger charge is -2.20. The normalized spacial score (nSPS) is 23.7. The molecule has 1 aliphatic heterocycles. The van der Waals surface area contributed by atoms with Gasteiger partial charge in [0, 0.05) is 13.0 Å². The van der Waals surface area contributed by atoms with Gasteiger partial charge in [-0.25, -0.2) is 0 Å². The molecule has 1 fully saturated rings. The van der Waals surface area contributed by atoms with Gasteiger partial charge in [-0.15, -0.1) is 0 Å². The number of hydrogen-bond donors (Lipinski definition) is 0. The van der Waals surface area contributed by atoms with E-state index in [1.54, 1.807) is 4.90 Å². The predicted octanol–water partition coefficient (Wildman–Crippen LogP) is 1.24. The van der Waals surface area contributed by atoms with Gasteiger partial charge in [-0.3, -0.25) is 4.79 Å². The van der Waals surface area contributed by atoms with Crippen molar-refractivity contribution in [3.05, 3.63) is 0 Å². The van der Waals surface area contributed by atoms with Crippen molar-refractivity contribution >= 4 is 5.91 Å². The summed E-state index contributed by atoms with van der Waals surface area (Å²) in [5, 5.41) is 0. The lowest BCUT2D eigenvalue weighted by molar-refractivity contribution is -0.135. The lowest BCUT2D eigenvalue weighted by Crippen LogP contribution is -2.34. The molecule has 0 spiro atoms. The Morgan fingerprint density at radius 2 is 2.33 bits per heavy atom. The summed E-state index contributed by atoms with van der Waals surface area (Å²) >= 11 is 0. The maximum absolute atomic E-state index is 11.5. The molecule has 0 aromatic carbocycles. The number of amides is 1. The van der Waals surface area contributed by atoms with Gasteiger partial charge in [0.2, 0.25) is 5.91 Å². The fraction of sp³-hybridized carbons (Fsp3) is 0.889. The first-order valence-corrected chi connectivity index (χ1v) is 4.52. The number of carbonyl (C=O) groups excluding carboxylic acids is 1. The molecule has 70 valence electrons. The minimum Gasteiger partial charge on any atom is -0.357 e. The predicted molar refractivity (Wildman–Crippen MR) is 46.6 cm³/mol. The second-order valence-corrected chi connectivity index (χ2v) is 3.66. The third-order valence-corrected chi connectivity index (χ3v) is 2.03. The largest absolute Gasteiger partial charge is 0.357 e. The number of hydrogen-bond acceptors (Lipinski definition) is 2. The SMILES string of the molecule is CC(C)CC(=O)N1CCOC1C. The fourth-order valence-electron chi connectivity index (χ4n) is 1.39. The van der Waals surface area contributed by atoms with Crippen LogP contribution in [0, 0.1) is 5.92 Å². The van der Waals surface area contributed by atoms with E-state index in [-0.39, 0.29) is 12.1 Å². The Bertz CT molecular complexity index is 168. The third-order valence-electron chi connectivity index (χ3n) is 2.03. The second kappa shape index (κ2) is 3.90. The Morgan fingerprint density at radius 1 is 1.67 bits per heavy atom. The Morgan fingerprint density at radius 3 is 2.75 bits per heavy atom. The molecule has 1 amide bonds. The molecule has 1 atom stereocenters. The van der Waals surface area contributed by atoms with Crippen LogP contribution in [0.4, 0.5) is 0 Å². The van der Waals surface area contributed by atoms with E-state index < -0.39 is 0 Å². The van der Waals surface area contributed by atoms with Crippen LogP contribution in [0.2, 0.25) is 0 Å². The molecule has 1 heterocycles. The highest BCUT2D eigenvalue weighted by Crippen LogP contribution is 2.12. The average molecular weight is 171 g/mol. The zero-order valence-electron chi connectivity index (χ0n) is 8.04. The van der Waals surface area contributed by atoms with Crippen LogP contribution in [0.3, 0.4) is 0 Å². The molecular formula is C9H17NO2. The lowest BCUT2D eigenvalue weighted by atomic mass is 10.1.